The first kappa shape index (κ1) is 20.6. The van der Waals surface area contributed by atoms with Crippen LogP contribution in [0, 0.1) is 0 Å². The molecule has 4 rings (SSSR count). The van der Waals surface area contributed by atoms with Gasteiger partial charge in [-0.2, -0.15) is 0 Å². The topological polar surface area (TPSA) is 72.9 Å². The summed E-state index contributed by atoms with van der Waals surface area (Å²) in [5.74, 6) is -0.0825. The number of hydrogen-bond acceptors (Lipinski definition) is 4. The maximum atomic E-state index is 12.8. The van der Waals surface area contributed by atoms with Crippen LogP contribution in [0.3, 0.4) is 0 Å². The molecule has 1 unspecified atom stereocenters. The summed E-state index contributed by atoms with van der Waals surface area (Å²) in [7, 11) is 0. The van der Waals surface area contributed by atoms with Crippen LogP contribution in [0.1, 0.15) is 24.8 Å². The fourth-order valence-electron chi connectivity index (χ4n) is 4.25. The van der Waals surface area contributed by atoms with E-state index in [2.05, 4.69) is 46.6 Å². The lowest BCUT2D eigenvalue weighted by atomic mass is 10.0. The van der Waals surface area contributed by atoms with E-state index in [1.165, 1.54) is 5.56 Å². The molecule has 2 aromatic rings. The molecule has 30 heavy (non-hydrogen) atoms. The van der Waals surface area contributed by atoms with Crippen LogP contribution in [0.15, 0.2) is 54.6 Å². The van der Waals surface area contributed by atoms with Gasteiger partial charge in [0.05, 0.1) is 18.6 Å². The second-order valence-electron chi connectivity index (χ2n) is 8.16. The van der Waals surface area contributed by atoms with E-state index >= 15 is 0 Å². The van der Waals surface area contributed by atoms with Gasteiger partial charge in [-0.15, -0.1) is 0 Å². The summed E-state index contributed by atoms with van der Waals surface area (Å²) in [6, 6.07) is 18.2. The Hall–Kier alpha value is -2.70. The summed E-state index contributed by atoms with van der Waals surface area (Å²) in [6.07, 6.45) is 1.09. The Morgan fingerprint density at radius 2 is 1.63 bits per heavy atom. The molecule has 0 aliphatic carbocycles. The largest absolute Gasteiger partial charge is 0.393 e. The first-order chi connectivity index (χ1) is 14.6. The number of aliphatic hydroxyl groups excluding tert-OH is 1. The highest BCUT2D eigenvalue weighted by Gasteiger charge is 2.33. The van der Waals surface area contributed by atoms with E-state index in [0.717, 1.165) is 17.7 Å². The third-order valence-corrected chi connectivity index (χ3v) is 6.07. The molecule has 2 fully saturated rings. The number of benzene rings is 2. The smallest absolute Gasteiger partial charge is 0.237 e. The van der Waals surface area contributed by atoms with Gasteiger partial charge >= 0.3 is 0 Å². The van der Waals surface area contributed by atoms with E-state index in [-0.39, 0.29) is 24.3 Å². The molecule has 158 valence electrons. The van der Waals surface area contributed by atoms with E-state index < -0.39 is 6.04 Å². The van der Waals surface area contributed by atoms with E-state index in [9.17, 15) is 14.7 Å². The van der Waals surface area contributed by atoms with Crippen LogP contribution in [0.25, 0.3) is 11.1 Å². The lowest BCUT2D eigenvalue weighted by molar-refractivity contribution is -0.140. The summed E-state index contributed by atoms with van der Waals surface area (Å²) in [4.78, 5) is 29.2. The van der Waals surface area contributed by atoms with E-state index in [0.29, 0.717) is 39.0 Å². The van der Waals surface area contributed by atoms with Crippen LogP contribution in [-0.2, 0) is 16.1 Å². The number of aliphatic hydroxyl groups is 1. The molecule has 1 atom stereocenters. The van der Waals surface area contributed by atoms with Crippen molar-refractivity contribution in [1.82, 2.24) is 15.1 Å². The Kier molecular flexibility index (Phi) is 6.45. The SMILES string of the molecule is O=C1NCCN(Cc2ccc(-c3ccccc3)cc2)C1CC(=O)N1CCC(O)CC1. The molecule has 2 saturated heterocycles. The van der Waals surface area contributed by atoms with Crippen molar-refractivity contribution in [2.45, 2.75) is 38.0 Å². The van der Waals surface area contributed by atoms with Crippen molar-refractivity contribution in [1.29, 1.82) is 0 Å². The second kappa shape index (κ2) is 9.41. The van der Waals surface area contributed by atoms with Gasteiger partial charge in [-0.25, -0.2) is 0 Å². The minimum Gasteiger partial charge on any atom is -0.393 e. The number of amides is 2. The van der Waals surface area contributed by atoms with Gasteiger partial charge in [0.1, 0.15) is 0 Å². The lowest BCUT2D eigenvalue weighted by Gasteiger charge is -2.37. The Bertz CT molecular complexity index is 861. The van der Waals surface area contributed by atoms with Crippen molar-refractivity contribution >= 4 is 11.8 Å². The molecule has 0 saturated carbocycles. The van der Waals surface area contributed by atoms with Gasteiger partial charge in [-0.05, 0) is 29.5 Å². The highest BCUT2D eigenvalue weighted by Crippen LogP contribution is 2.21. The normalized spacial score (nSPS) is 20.8. The van der Waals surface area contributed by atoms with E-state index in [1.807, 2.05) is 18.2 Å². The molecule has 2 aliphatic heterocycles. The van der Waals surface area contributed by atoms with Crippen molar-refractivity contribution in [3.63, 3.8) is 0 Å². The highest BCUT2D eigenvalue weighted by molar-refractivity contribution is 5.88. The first-order valence-electron chi connectivity index (χ1n) is 10.7. The average molecular weight is 408 g/mol. The number of piperidine rings is 1. The standard InChI is InChI=1S/C24H29N3O3/c28-21-10-13-26(14-11-21)23(29)16-22-24(30)25-12-15-27(22)17-18-6-8-20(9-7-18)19-4-2-1-3-5-19/h1-9,21-22,28H,10-17H2,(H,25,30). The minimum absolute atomic E-state index is 0.00613. The first-order valence-corrected chi connectivity index (χ1v) is 10.7. The van der Waals surface area contributed by atoms with Gasteiger partial charge in [-0.1, -0.05) is 54.6 Å². The summed E-state index contributed by atoms with van der Waals surface area (Å²) in [5.41, 5.74) is 3.47. The Morgan fingerprint density at radius 3 is 2.33 bits per heavy atom. The number of nitrogens with zero attached hydrogens (tertiary/aromatic N) is 2. The van der Waals surface area contributed by atoms with Gasteiger partial charge < -0.3 is 15.3 Å². The van der Waals surface area contributed by atoms with Crippen LogP contribution in [0.5, 0.6) is 0 Å². The Morgan fingerprint density at radius 1 is 0.967 bits per heavy atom. The zero-order valence-corrected chi connectivity index (χ0v) is 17.2. The number of hydrogen-bond donors (Lipinski definition) is 2. The van der Waals surface area contributed by atoms with E-state index in [1.54, 1.807) is 4.90 Å². The Balaban J connectivity index is 1.41. The zero-order valence-electron chi connectivity index (χ0n) is 17.2. The van der Waals surface area contributed by atoms with Crippen molar-refractivity contribution in [3.8, 4) is 11.1 Å². The summed E-state index contributed by atoms with van der Waals surface area (Å²) in [5, 5.41) is 12.6. The molecule has 6 heteroatoms. The predicted molar refractivity (Wildman–Crippen MR) is 116 cm³/mol. The summed E-state index contributed by atoms with van der Waals surface area (Å²) < 4.78 is 0. The zero-order chi connectivity index (χ0) is 20.9. The van der Waals surface area contributed by atoms with Crippen molar-refractivity contribution < 1.29 is 14.7 Å². The molecule has 0 spiro atoms. The molecule has 2 aromatic carbocycles. The number of carbonyl (C=O) groups excluding carboxylic acids is 2. The third kappa shape index (κ3) is 4.89. The summed E-state index contributed by atoms with van der Waals surface area (Å²) in [6.45, 7) is 3.09. The molecule has 0 bridgehead atoms. The number of likely N-dealkylation sites (tertiary alicyclic amines) is 1. The molecular formula is C24H29N3O3. The second-order valence-corrected chi connectivity index (χ2v) is 8.16. The maximum absolute atomic E-state index is 12.8. The molecule has 2 aliphatic rings. The molecule has 2 N–H and O–H groups in total. The summed E-state index contributed by atoms with van der Waals surface area (Å²) >= 11 is 0. The molecule has 2 amide bonds. The molecule has 0 radical (unpaired) electrons. The van der Waals surface area contributed by atoms with Crippen molar-refractivity contribution in [3.05, 3.63) is 60.2 Å². The number of carbonyl (C=O) groups is 2. The van der Waals surface area contributed by atoms with Gasteiger partial charge in [0.25, 0.3) is 0 Å². The molecule has 6 nitrogen and oxygen atoms in total. The third-order valence-electron chi connectivity index (χ3n) is 6.07. The predicted octanol–water partition coefficient (Wildman–Crippen LogP) is 2.03. The van der Waals surface area contributed by atoms with Crippen LogP contribution in [0.2, 0.25) is 0 Å². The van der Waals surface area contributed by atoms with Crippen molar-refractivity contribution in [2.75, 3.05) is 26.2 Å². The Labute approximate surface area is 177 Å². The van der Waals surface area contributed by atoms with Crippen LogP contribution < -0.4 is 5.32 Å². The highest BCUT2D eigenvalue weighted by atomic mass is 16.3. The van der Waals surface area contributed by atoms with Gasteiger partial charge in [0.15, 0.2) is 0 Å². The van der Waals surface area contributed by atoms with E-state index in [4.69, 9.17) is 0 Å². The average Bonchev–Trinajstić information content (AvgIpc) is 2.77. The molecule has 2 heterocycles. The molecule has 0 aromatic heterocycles. The van der Waals surface area contributed by atoms with Crippen molar-refractivity contribution in [2.24, 2.45) is 0 Å². The van der Waals surface area contributed by atoms with Crippen LogP contribution in [0.4, 0.5) is 0 Å². The van der Waals surface area contributed by atoms with Gasteiger partial charge in [0.2, 0.25) is 11.8 Å². The minimum atomic E-state index is -0.452. The lowest BCUT2D eigenvalue weighted by Crippen LogP contribution is -2.56. The van der Waals surface area contributed by atoms with Crippen LogP contribution in [-0.4, -0.2) is 65.0 Å². The monoisotopic (exact) mass is 407 g/mol. The fourth-order valence-corrected chi connectivity index (χ4v) is 4.25. The van der Waals surface area contributed by atoms with Gasteiger partial charge in [-0.3, -0.25) is 14.5 Å². The fraction of sp³-hybridized carbons (Fsp3) is 0.417. The van der Waals surface area contributed by atoms with Crippen LogP contribution >= 0.6 is 0 Å². The van der Waals surface area contributed by atoms with Gasteiger partial charge in [0, 0.05) is 32.7 Å². The number of piperazine rings is 1. The molecular weight excluding hydrogens is 378 g/mol. The quantitative estimate of drug-likeness (QED) is 0.796. The maximum Gasteiger partial charge on any atom is 0.237 e. The number of rotatable bonds is 5. The number of nitrogens with one attached hydrogen (secondary N) is 1.